The van der Waals surface area contributed by atoms with Gasteiger partial charge in [-0.1, -0.05) is 53.2 Å². The molecule has 0 heterocycles. The van der Waals surface area contributed by atoms with Gasteiger partial charge in [-0.05, 0) is 54.7 Å². The summed E-state index contributed by atoms with van der Waals surface area (Å²) in [5, 5.41) is 11.1. The topological polar surface area (TPSA) is 20.2 Å². The zero-order valence-electron chi connectivity index (χ0n) is 12.3. The van der Waals surface area contributed by atoms with Crippen molar-refractivity contribution >= 4 is 15.9 Å². The molecule has 0 fully saturated rings. The Morgan fingerprint density at radius 3 is 2.20 bits per heavy atom. The van der Waals surface area contributed by atoms with Crippen LogP contribution in [-0.4, -0.2) is 5.11 Å². The van der Waals surface area contributed by atoms with Gasteiger partial charge >= 0.3 is 0 Å². The molecule has 1 nitrogen and oxygen atoms in total. The lowest BCUT2D eigenvalue weighted by molar-refractivity contribution is 0.0324. The average molecular weight is 333 g/mol. The number of rotatable bonds is 4. The molecule has 20 heavy (non-hydrogen) atoms. The van der Waals surface area contributed by atoms with Gasteiger partial charge in [0.2, 0.25) is 0 Å². The van der Waals surface area contributed by atoms with E-state index < -0.39 is 5.60 Å². The van der Waals surface area contributed by atoms with E-state index in [1.54, 1.807) is 0 Å². The summed E-state index contributed by atoms with van der Waals surface area (Å²) in [5.74, 6) is 0. The van der Waals surface area contributed by atoms with Crippen molar-refractivity contribution in [3.63, 3.8) is 0 Å². The Morgan fingerprint density at radius 1 is 1.05 bits per heavy atom. The van der Waals surface area contributed by atoms with Crippen molar-refractivity contribution < 1.29 is 5.11 Å². The summed E-state index contributed by atoms with van der Waals surface area (Å²) < 4.78 is 1.00. The molecule has 0 aromatic heterocycles. The van der Waals surface area contributed by atoms with Crippen molar-refractivity contribution in [2.45, 2.75) is 39.2 Å². The van der Waals surface area contributed by atoms with Crippen molar-refractivity contribution in [3.8, 4) is 0 Å². The van der Waals surface area contributed by atoms with E-state index in [9.17, 15) is 5.11 Å². The Kier molecular flexibility index (Phi) is 4.66. The van der Waals surface area contributed by atoms with Crippen molar-refractivity contribution in [2.75, 3.05) is 0 Å². The highest BCUT2D eigenvalue weighted by Gasteiger charge is 2.28. The quantitative estimate of drug-likeness (QED) is 0.843. The lowest BCUT2D eigenvalue weighted by Crippen LogP contribution is -2.28. The van der Waals surface area contributed by atoms with E-state index in [1.807, 2.05) is 31.2 Å². The third-order valence-corrected chi connectivity index (χ3v) is 4.55. The van der Waals surface area contributed by atoms with Gasteiger partial charge in [0, 0.05) is 10.9 Å². The van der Waals surface area contributed by atoms with Gasteiger partial charge in [0.25, 0.3) is 0 Å². The second-order valence-corrected chi connectivity index (χ2v) is 6.36. The van der Waals surface area contributed by atoms with Crippen LogP contribution in [-0.2, 0) is 12.0 Å². The summed E-state index contributed by atoms with van der Waals surface area (Å²) in [6.45, 7) is 6.26. The first-order chi connectivity index (χ1) is 9.46. The van der Waals surface area contributed by atoms with E-state index in [1.165, 1.54) is 16.7 Å². The van der Waals surface area contributed by atoms with Crippen molar-refractivity contribution in [3.05, 3.63) is 69.2 Å². The van der Waals surface area contributed by atoms with Gasteiger partial charge in [-0.25, -0.2) is 0 Å². The molecular weight excluding hydrogens is 312 g/mol. The zero-order valence-corrected chi connectivity index (χ0v) is 13.9. The molecule has 1 N–H and O–H groups in total. The molecule has 0 saturated heterocycles. The minimum absolute atomic E-state index is 0.651. The SMILES string of the molecule is CCC(O)(Cc1c(C)cccc1C)c1cccc(Br)c1. The summed E-state index contributed by atoms with van der Waals surface area (Å²) in [6.07, 6.45) is 1.34. The Hall–Kier alpha value is -1.12. The molecule has 106 valence electrons. The third-order valence-electron chi connectivity index (χ3n) is 4.06. The summed E-state index contributed by atoms with van der Waals surface area (Å²) in [6, 6.07) is 14.3. The first-order valence-electron chi connectivity index (χ1n) is 7.00. The van der Waals surface area contributed by atoms with E-state index >= 15 is 0 Å². The van der Waals surface area contributed by atoms with Crippen LogP contribution < -0.4 is 0 Å². The smallest absolute Gasteiger partial charge is 0.0934 e. The van der Waals surface area contributed by atoms with Crippen LogP contribution >= 0.6 is 15.9 Å². The minimum Gasteiger partial charge on any atom is -0.385 e. The van der Waals surface area contributed by atoms with Crippen LogP contribution in [0.3, 0.4) is 0 Å². The molecular formula is C18H21BrO. The fourth-order valence-corrected chi connectivity index (χ4v) is 3.03. The number of aliphatic hydroxyl groups is 1. The highest BCUT2D eigenvalue weighted by atomic mass is 79.9. The number of halogens is 1. The normalized spacial score (nSPS) is 14.1. The lowest BCUT2D eigenvalue weighted by Gasteiger charge is -2.29. The summed E-state index contributed by atoms with van der Waals surface area (Å²) in [7, 11) is 0. The molecule has 0 amide bonds. The van der Waals surface area contributed by atoms with Gasteiger partial charge in [0.05, 0.1) is 5.60 Å². The molecule has 0 saturated carbocycles. The fourth-order valence-electron chi connectivity index (χ4n) is 2.63. The molecule has 0 radical (unpaired) electrons. The van der Waals surface area contributed by atoms with Crippen LogP contribution in [0.25, 0.3) is 0 Å². The molecule has 0 aliphatic rings. The molecule has 1 unspecified atom stereocenters. The van der Waals surface area contributed by atoms with E-state index in [-0.39, 0.29) is 0 Å². The number of benzene rings is 2. The maximum Gasteiger partial charge on any atom is 0.0934 e. The van der Waals surface area contributed by atoms with Crippen LogP contribution in [0, 0.1) is 13.8 Å². The highest BCUT2D eigenvalue weighted by Crippen LogP contribution is 2.32. The van der Waals surface area contributed by atoms with Crippen LogP contribution in [0.1, 0.15) is 35.6 Å². The van der Waals surface area contributed by atoms with Gasteiger partial charge in [-0.3, -0.25) is 0 Å². The van der Waals surface area contributed by atoms with Gasteiger partial charge in [-0.15, -0.1) is 0 Å². The summed E-state index contributed by atoms with van der Waals surface area (Å²) >= 11 is 3.49. The van der Waals surface area contributed by atoms with Gasteiger partial charge in [-0.2, -0.15) is 0 Å². The minimum atomic E-state index is -0.819. The van der Waals surface area contributed by atoms with Gasteiger partial charge in [0.15, 0.2) is 0 Å². The number of hydrogen-bond donors (Lipinski definition) is 1. The predicted molar refractivity (Wildman–Crippen MR) is 87.9 cm³/mol. The largest absolute Gasteiger partial charge is 0.385 e. The molecule has 2 rings (SSSR count). The fraction of sp³-hybridized carbons (Fsp3) is 0.333. The molecule has 0 aliphatic carbocycles. The molecule has 2 aromatic rings. The molecule has 2 heteroatoms. The van der Waals surface area contributed by atoms with Crippen molar-refractivity contribution in [1.29, 1.82) is 0 Å². The Labute approximate surface area is 129 Å². The molecule has 1 atom stereocenters. The van der Waals surface area contributed by atoms with Crippen LogP contribution in [0.15, 0.2) is 46.9 Å². The zero-order chi connectivity index (χ0) is 14.8. The second-order valence-electron chi connectivity index (χ2n) is 5.44. The van der Waals surface area contributed by atoms with Crippen LogP contribution in [0.4, 0.5) is 0 Å². The van der Waals surface area contributed by atoms with E-state index in [4.69, 9.17) is 0 Å². The maximum absolute atomic E-state index is 11.1. The standard InChI is InChI=1S/C18H21BrO/c1-4-18(20,15-9-6-10-16(19)11-15)12-17-13(2)7-5-8-14(17)3/h5-11,20H,4,12H2,1-3H3. The first-order valence-corrected chi connectivity index (χ1v) is 7.79. The Bertz CT molecular complexity index is 586. The van der Waals surface area contributed by atoms with Gasteiger partial charge in [0.1, 0.15) is 0 Å². The summed E-state index contributed by atoms with van der Waals surface area (Å²) in [4.78, 5) is 0. The second kappa shape index (κ2) is 6.11. The van der Waals surface area contributed by atoms with Crippen molar-refractivity contribution in [2.24, 2.45) is 0 Å². The highest BCUT2D eigenvalue weighted by molar-refractivity contribution is 9.10. The van der Waals surface area contributed by atoms with E-state index in [2.05, 4.69) is 48.0 Å². The Balaban J connectivity index is 2.42. The first kappa shape index (κ1) is 15.3. The molecule has 2 aromatic carbocycles. The van der Waals surface area contributed by atoms with E-state index in [0.29, 0.717) is 12.8 Å². The summed E-state index contributed by atoms with van der Waals surface area (Å²) in [5.41, 5.74) is 3.88. The number of hydrogen-bond acceptors (Lipinski definition) is 1. The van der Waals surface area contributed by atoms with Gasteiger partial charge < -0.3 is 5.11 Å². The lowest BCUT2D eigenvalue weighted by atomic mass is 9.82. The molecule has 0 aliphatic heterocycles. The maximum atomic E-state index is 11.1. The predicted octanol–water partition coefficient (Wildman–Crippen LogP) is 4.91. The van der Waals surface area contributed by atoms with Crippen molar-refractivity contribution in [1.82, 2.24) is 0 Å². The van der Waals surface area contributed by atoms with Crippen LogP contribution in [0.5, 0.6) is 0 Å². The average Bonchev–Trinajstić information content (AvgIpc) is 2.43. The number of aryl methyl sites for hydroxylation is 2. The molecule has 0 spiro atoms. The third kappa shape index (κ3) is 3.13. The van der Waals surface area contributed by atoms with Crippen LogP contribution in [0.2, 0.25) is 0 Å². The Morgan fingerprint density at radius 2 is 1.65 bits per heavy atom. The molecule has 0 bridgehead atoms. The monoisotopic (exact) mass is 332 g/mol. The van der Waals surface area contributed by atoms with E-state index in [0.717, 1.165) is 10.0 Å².